The van der Waals surface area contributed by atoms with E-state index < -0.39 is 23.4 Å². The van der Waals surface area contributed by atoms with E-state index in [0.29, 0.717) is 15.7 Å². The number of ether oxygens (including phenoxy) is 1. The minimum absolute atomic E-state index is 0.0641. The molecule has 9 heteroatoms. The summed E-state index contributed by atoms with van der Waals surface area (Å²) >= 11 is 3.34. The van der Waals surface area contributed by atoms with Gasteiger partial charge in [-0.2, -0.15) is 5.26 Å². The van der Waals surface area contributed by atoms with E-state index in [0.717, 1.165) is 6.07 Å². The van der Waals surface area contributed by atoms with Crippen LogP contribution >= 0.6 is 15.9 Å². The van der Waals surface area contributed by atoms with Crippen LogP contribution in [-0.4, -0.2) is 11.0 Å². The molecule has 8 nitrogen and oxygen atoms in total. The van der Waals surface area contributed by atoms with Crippen molar-refractivity contribution >= 4 is 27.5 Å². The highest BCUT2D eigenvalue weighted by Crippen LogP contribution is 2.53. The molecule has 4 rings (SSSR count). The second-order valence-corrected chi connectivity index (χ2v) is 6.66. The number of rotatable bonds is 1. The van der Waals surface area contributed by atoms with Crippen molar-refractivity contribution in [1.82, 2.24) is 0 Å². The minimum atomic E-state index is -1.78. The summed E-state index contributed by atoms with van der Waals surface area (Å²) in [5.41, 5.74) is 4.11. The smallest absolute Gasteiger partial charge is 0.248 e. The van der Waals surface area contributed by atoms with E-state index in [1.165, 1.54) is 0 Å². The van der Waals surface area contributed by atoms with Crippen LogP contribution in [0.2, 0.25) is 0 Å². The lowest BCUT2D eigenvalue weighted by Crippen LogP contribution is -2.43. The van der Waals surface area contributed by atoms with Gasteiger partial charge in [0.05, 0.1) is 0 Å². The fourth-order valence-electron chi connectivity index (χ4n) is 3.30. The zero-order valence-electron chi connectivity index (χ0n) is 13.0. The number of carbonyl (C=O) groups excluding carboxylic acids is 1. The molecular formula is C17H10BrN3O5. The number of halogens is 1. The Morgan fingerprint density at radius 1 is 1.35 bits per heavy atom. The third kappa shape index (κ3) is 1.91. The summed E-state index contributed by atoms with van der Waals surface area (Å²) in [6, 6.07) is 7.96. The van der Waals surface area contributed by atoms with Gasteiger partial charge in [-0.25, -0.2) is 0 Å². The van der Waals surface area contributed by atoms with E-state index in [1.54, 1.807) is 18.2 Å². The van der Waals surface area contributed by atoms with Gasteiger partial charge in [0.2, 0.25) is 23.0 Å². The van der Waals surface area contributed by atoms with Gasteiger partial charge in [-0.1, -0.05) is 15.9 Å². The number of hydrogen-bond donors (Lipinski definition) is 3. The lowest BCUT2D eigenvalue weighted by atomic mass is 9.72. The highest BCUT2D eigenvalue weighted by atomic mass is 79.9. The molecule has 2 aliphatic heterocycles. The predicted octanol–water partition coefficient (Wildman–Crippen LogP) is 1.22. The van der Waals surface area contributed by atoms with Gasteiger partial charge in [0.25, 0.3) is 0 Å². The van der Waals surface area contributed by atoms with Crippen molar-refractivity contribution in [2.75, 3.05) is 5.32 Å². The Kier molecular flexibility index (Phi) is 3.44. The van der Waals surface area contributed by atoms with Crippen LogP contribution in [0.25, 0.3) is 0 Å². The molecule has 2 aliphatic rings. The first kappa shape index (κ1) is 16.4. The number of nitrogens with two attached hydrogens (primary N) is 1. The molecule has 0 bridgehead atoms. The summed E-state index contributed by atoms with van der Waals surface area (Å²) in [6.45, 7) is -0.563. The zero-order chi connectivity index (χ0) is 18.6. The molecule has 2 aromatic rings. The Hall–Kier alpha value is -3.09. The molecular weight excluding hydrogens is 406 g/mol. The molecule has 1 aromatic heterocycles. The topological polar surface area (TPSA) is 139 Å². The maximum Gasteiger partial charge on any atom is 0.248 e. The summed E-state index contributed by atoms with van der Waals surface area (Å²) in [7, 11) is 0. The Bertz CT molecular complexity index is 1110. The van der Waals surface area contributed by atoms with Crippen LogP contribution in [0.3, 0.4) is 0 Å². The molecule has 130 valence electrons. The number of carbonyl (C=O) groups is 1. The fraction of sp³-hybridized carbons (Fsp3) is 0.118. The number of aliphatic hydroxyl groups is 1. The largest absolute Gasteiger partial charge is 0.457 e. The third-order valence-corrected chi connectivity index (χ3v) is 4.86. The molecule has 1 amide bonds. The number of anilines is 1. The highest BCUT2D eigenvalue weighted by molar-refractivity contribution is 9.10. The molecule has 0 saturated carbocycles. The molecule has 0 radical (unpaired) electrons. The van der Waals surface area contributed by atoms with E-state index in [2.05, 4.69) is 21.2 Å². The van der Waals surface area contributed by atoms with Crippen LogP contribution in [0, 0.1) is 11.3 Å². The van der Waals surface area contributed by atoms with Crippen molar-refractivity contribution in [1.29, 1.82) is 5.26 Å². The van der Waals surface area contributed by atoms with Crippen LogP contribution in [0.1, 0.15) is 17.1 Å². The Labute approximate surface area is 154 Å². The van der Waals surface area contributed by atoms with Gasteiger partial charge >= 0.3 is 0 Å². The molecule has 1 aromatic carbocycles. The maximum absolute atomic E-state index is 13.1. The van der Waals surface area contributed by atoms with Gasteiger partial charge in [-0.3, -0.25) is 9.59 Å². The van der Waals surface area contributed by atoms with Crippen molar-refractivity contribution in [3.8, 4) is 11.8 Å². The number of nitriles is 1. The second-order valence-electron chi connectivity index (χ2n) is 5.74. The van der Waals surface area contributed by atoms with Gasteiger partial charge in [-0.05, 0) is 18.2 Å². The summed E-state index contributed by atoms with van der Waals surface area (Å²) in [6.07, 6.45) is 0. The SMILES string of the molecule is N#CC1=C(N)Oc2c(oc(CO)cc2=O)C12C(=O)Nc1ccc(Br)cc12. The predicted molar refractivity (Wildman–Crippen MR) is 91.9 cm³/mol. The summed E-state index contributed by atoms with van der Waals surface area (Å²) < 4.78 is 11.6. The monoisotopic (exact) mass is 415 g/mol. The number of benzene rings is 1. The molecule has 4 N–H and O–H groups in total. The Morgan fingerprint density at radius 2 is 2.12 bits per heavy atom. The summed E-state index contributed by atoms with van der Waals surface area (Å²) in [4.78, 5) is 25.5. The first-order valence-electron chi connectivity index (χ1n) is 7.41. The van der Waals surface area contributed by atoms with E-state index in [1.807, 2.05) is 6.07 Å². The van der Waals surface area contributed by atoms with Gasteiger partial charge in [0.1, 0.15) is 24.0 Å². The number of hydrogen-bond acceptors (Lipinski definition) is 7. The number of fused-ring (bicyclic) bond motifs is 4. The van der Waals surface area contributed by atoms with Crippen LogP contribution in [0.4, 0.5) is 5.69 Å². The summed E-state index contributed by atoms with van der Waals surface area (Å²) in [5, 5.41) is 21.8. The van der Waals surface area contributed by atoms with Crippen molar-refractivity contribution in [3.63, 3.8) is 0 Å². The molecule has 1 spiro atoms. The number of nitrogens with zero attached hydrogens (tertiary/aromatic N) is 1. The molecule has 1 atom stereocenters. The van der Waals surface area contributed by atoms with Gasteiger partial charge in [0.15, 0.2) is 11.2 Å². The zero-order valence-corrected chi connectivity index (χ0v) is 14.6. The first-order valence-corrected chi connectivity index (χ1v) is 8.20. The Balaban J connectivity index is 2.20. The number of aliphatic hydroxyl groups excluding tert-OH is 1. The van der Waals surface area contributed by atoms with E-state index in [4.69, 9.17) is 14.9 Å². The van der Waals surface area contributed by atoms with Crippen molar-refractivity contribution < 1.29 is 19.1 Å². The second kappa shape index (κ2) is 5.45. The van der Waals surface area contributed by atoms with Crippen LogP contribution in [0.15, 0.2) is 49.4 Å². The maximum atomic E-state index is 13.1. The Morgan fingerprint density at radius 3 is 2.81 bits per heavy atom. The quantitative estimate of drug-likeness (QED) is 0.635. The van der Waals surface area contributed by atoms with E-state index in [-0.39, 0.29) is 28.7 Å². The molecule has 1 unspecified atom stereocenters. The van der Waals surface area contributed by atoms with Crippen LogP contribution in [-0.2, 0) is 16.8 Å². The average Bonchev–Trinajstić information content (AvgIpc) is 2.89. The van der Waals surface area contributed by atoms with E-state index >= 15 is 0 Å². The molecule has 0 saturated heterocycles. The number of nitrogens with one attached hydrogen (secondary N) is 1. The lowest BCUT2D eigenvalue weighted by Gasteiger charge is -2.31. The van der Waals surface area contributed by atoms with Crippen molar-refractivity contribution in [2.24, 2.45) is 5.73 Å². The normalized spacial score (nSPS) is 20.3. The van der Waals surface area contributed by atoms with Crippen molar-refractivity contribution in [2.45, 2.75) is 12.0 Å². The molecule has 0 aliphatic carbocycles. The number of amides is 1. The minimum Gasteiger partial charge on any atom is -0.457 e. The molecule has 26 heavy (non-hydrogen) atoms. The first-order chi connectivity index (χ1) is 12.4. The fourth-order valence-corrected chi connectivity index (χ4v) is 3.66. The highest BCUT2D eigenvalue weighted by Gasteiger charge is 2.59. The standard InChI is InChI=1S/C17H10BrN3O5/c18-7-1-2-11-9(3-7)17(16(24)21-11)10(5-19)15(20)26-13-12(23)4-8(6-22)25-14(13)17/h1-4,22H,6,20H2,(H,21,24). The van der Waals surface area contributed by atoms with E-state index in [9.17, 15) is 20.0 Å². The molecule has 0 fully saturated rings. The lowest BCUT2D eigenvalue weighted by molar-refractivity contribution is -0.119. The van der Waals surface area contributed by atoms with Crippen LogP contribution in [0.5, 0.6) is 5.75 Å². The van der Waals surface area contributed by atoms with Crippen LogP contribution < -0.4 is 21.2 Å². The van der Waals surface area contributed by atoms with Gasteiger partial charge in [0, 0.05) is 21.8 Å². The third-order valence-electron chi connectivity index (χ3n) is 4.37. The molecule has 3 heterocycles. The van der Waals surface area contributed by atoms with Gasteiger partial charge < -0.3 is 25.3 Å². The van der Waals surface area contributed by atoms with Gasteiger partial charge in [-0.15, -0.1) is 0 Å². The summed E-state index contributed by atoms with van der Waals surface area (Å²) in [5.74, 6) is -1.50. The average molecular weight is 416 g/mol. The van der Waals surface area contributed by atoms with Crippen molar-refractivity contribution in [3.05, 3.63) is 67.5 Å².